The van der Waals surface area contributed by atoms with Gasteiger partial charge in [-0.2, -0.15) is 0 Å². The standard InChI is InChI=1S/C13H22O3/c1-9(2)12(14)16-13(10(3)4)7-6-11(8-13)15-5/h10-11H,1,6-8H2,2-5H3. The Morgan fingerprint density at radius 1 is 1.50 bits per heavy atom. The molecule has 0 amide bonds. The van der Waals surface area contributed by atoms with Crippen LogP contribution in [0.25, 0.3) is 0 Å². The molecule has 3 nitrogen and oxygen atoms in total. The van der Waals surface area contributed by atoms with Crippen LogP contribution in [0, 0.1) is 5.92 Å². The molecule has 0 aromatic heterocycles. The molecule has 0 aromatic carbocycles. The minimum absolute atomic E-state index is 0.209. The van der Waals surface area contributed by atoms with E-state index in [9.17, 15) is 4.79 Å². The molecule has 3 heteroatoms. The van der Waals surface area contributed by atoms with Gasteiger partial charge in [0.25, 0.3) is 0 Å². The van der Waals surface area contributed by atoms with Crippen LogP contribution < -0.4 is 0 Å². The lowest BCUT2D eigenvalue weighted by atomic mass is 9.88. The molecule has 0 heterocycles. The van der Waals surface area contributed by atoms with Gasteiger partial charge in [0.2, 0.25) is 0 Å². The summed E-state index contributed by atoms with van der Waals surface area (Å²) in [5.41, 5.74) is 0.0948. The molecule has 1 saturated carbocycles. The highest BCUT2D eigenvalue weighted by atomic mass is 16.6. The quantitative estimate of drug-likeness (QED) is 0.546. The average Bonchev–Trinajstić information content (AvgIpc) is 2.62. The minimum atomic E-state index is -0.364. The van der Waals surface area contributed by atoms with E-state index in [0.29, 0.717) is 11.5 Å². The summed E-state index contributed by atoms with van der Waals surface area (Å²) in [6.07, 6.45) is 2.83. The monoisotopic (exact) mass is 226 g/mol. The van der Waals surface area contributed by atoms with E-state index in [4.69, 9.17) is 9.47 Å². The highest BCUT2D eigenvalue weighted by Crippen LogP contribution is 2.40. The first kappa shape index (κ1) is 13.2. The summed E-state index contributed by atoms with van der Waals surface area (Å²) in [5, 5.41) is 0. The Bertz CT molecular complexity index is 283. The number of carbonyl (C=O) groups is 1. The maximum atomic E-state index is 11.6. The maximum absolute atomic E-state index is 11.6. The number of rotatable bonds is 4. The molecule has 2 unspecified atom stereocenters. The fourth-order valence-corrected chi connectivity index (χ4v) is 2.20. The Morgan fingerprint density at radius 3 is 2.50 bits per heavy atom. The molecular formula is C13H22O3. The lowest BCUT2D eigenvalue weighted by Gasteiger charge is -2.33. The molecule has 0 N–H and O–H groups in total. The topological polar surface area (TPSA) is 35.5 Å². The van der Waals surface area contributed by atoms with Crippen LogP contribution in [0.1, 0.15) is 40.0 Å². The van der Waals surface area contributed by atoms with E-state index in [1.165, 1.54) is 0 Å². The van der Waals surface area contributed by atoms with E-state index in [1.54, 1.807) is 14.0 Å². The molecule has 0 spiro atoms. The molecule has 1 fully saturated rings. The van der Waals surface area contributed by atoms with Crippen molar-refractivity contribution in [2.45, 2.75) is 51.7 Å². The van der Waals surface area contributed by atoms with Crippen molar-refractivity contribution < 1.29 is 14.3 Å². The first-order valence-electron chi connectivity index (χ1n) is 5.83. The van der Waals surface area contributed by atoms with Crippen molar-refractivity contribution in [3.63, 3.8) is 0 Å². The third kappa shape index (κ3) is 2.64. The summed E-state index contributed by atoms with van der Waals surface area (Å²) in [4.78, 5) is 11.6. The Hall–Kier alpha value is -0.830. The Morgan fingerprint density at radius 2 is 2.12 bits per heavy atom. The first-order chi connectivity index (χ1) is 7.41. The Kier molecular flexibility index (Phi) is 4.14. The highest BCUT2D eigenvalue weighted by Gasteiger charge is 2.45. The number of methoxy groups -OCH3 is 1. The van der Waals surface area contributed by atoms with Gasteiger partial charge in [-0.3, -0.25) is 0 Å². The van der Waals surface area contributed by atoms with Gasteiger partial charge >= 0.3 is 5.97 Å². The van der Waals surface area contributed by atoms with Gasteiger partial charge in [0.15, 0.2) is 0 Å². The van der Waals surface area contributed by atoms with Crippen LogP contribution in [0.2, 0.25) is 0 Å². The molecular weight excluding hydrogens is 204 g/mol. The molecule has 1 aliphatic carbocycles. The Balaban J connectivity index is 2.75. The number of esters is 1. The second-order valence-corrected chi connectivity index (χ2v) is 4.99. The van der Waals surface area contributed by atoms with Gasteiger partial charge in [-0.15, -0.1) is 0 Å². The van der Waals surface area contributed by atoms with Crippen molar-refractivity contribution >= 4 is 5.97 Å². The lowest BCUT2D eigenvalue weighted by Crippen LogP contribution is -2.38. The summed E-state index contributed by atoms with van der Waals surface area (Å²) in [6.45, 7) is 9.47. The molecule has 92 valence electrons. The fraction of sp³-hybridized carbons (Fsp3) is 0.769. The molecule has 1 rings (SSSR count). The predicted molar refractivity (Wildman–Crippen MR) is 63.1 cm³/mol. The number of hydrogen-bond acceptors (Lipinski definition) is 3. The second kappa shape index (κ2) is 5.00. The van der Waals surface area contributed by atoms with Gasteiger partial charge in [0, 0.05) is 19.1 Å². The van der Waals surface area contributed by atoms with Gasteiger partial charge in [0.05, 0.1) is 6.10 Å². The molecule has 1 aliphatic rings. The van der Waals surface area contributed by atoms with Gasteiger partial charge in [-0.25, -0.2) is 4.79 Å². The third-order valence-corrected chi connectivity index (χ3v) is 3.49. The molecule has 0 aromatic rings. The van der Waals surface area contributed by atoms with Gasteiger partial charge in [-0.1, -0.05) is 20.4 Å². The largest absolute Gasteiger partial charge is 0.455 e. The van der Waals surface area contributed by atoms with Crippen molar-refractivity contribution in [3.05, 3.63) is 12.2 Å². The van der Waals surface area contributed by atoms with Crippen LogP contribution in [0.5, 0.6) is 0 Å². The van der Waals surface area contributed by atoms with Crippen molar-refractivity contribution in [1.82, 2.24) is 0 Å². The fourth-order valence-electron chi connectivity index (χ4n) is 2.20. The SMILES string of the molecule is C=C(C)C(=O)OC1(C(C)C)CCC(OC)C1. The second-order valence-electron chi connectivity index (χ2n) is 4.99. The van der Waals surface area contributed by atoms with Crippen molar-refractivity contribution in [2.75, 3.05) is 7.11 Å². The first-order valence-corrected chi connectivity index (χ1v) is 5.83. The van der Waals surface area contributed by atoms with Crippen LogP contribution in [0.4, 0.5) is 0 Å². The molecule has 16 heavy (non-hydrogen) atoms. The van der Waals surface area contributed by atoms with E-state index in [-0.39, 0.29) is 17.7 Å². The summed E-state index contributed by atoms with van der Waals surface area (Å²) in [5.74, 6) is 0.0152. The van der Waals surface area contributed by atoms with Crippen LogP contribution >= 0.6 is 0 Å². The molecule has 0 aliphatic heterocycles. The average molecular weight is 226 g/mol. The van der Waals surface area contributed by atoms with E-state index in [2.05, 4.69) is 20.4 Å². The zero-order chi connectivity index (χ0) is 12.3. The van der Waals surface area contributed by atoms with Crippen molar-refractivity contribution in [2.24, 2.45) is 5.92 Å². The van der Waals surface area contributed by atoms with Crippen LogP contribution in [-0.2, 0) is 14.3 Å². The molecule has 0 saturated heterocycles. The summed E-state index contributed by atoms with van der Waals surface area (Å²) >= 11 is 0. The number of ether oxygens (including phenoxy) is 2. The molecule has 0 bridgehead atoms. The summed E-state index contributed by atoms with van der Waals surface area (Å²) < 4.78 is 11.0. The van der Waals surface area contributed by atoms with E-state index in [1.807, 2.05) is 0 Å². The molecule has 0 radical (unpaired) electrons. The zero-order valence-corrected chi connectivity index (χ0v) is 10.7. The normalized spacial score (nSPS) is 29.4. The van der Waals surface area contributed by atoms with E-state index < -0.39 is 0 Å². The summed E-state index contributed by atoms with van der Waals surface area (Å²) in [6, 6.07) is 0. The highest BCUT2D eigenvalue weighted by molar-refractivity contribution is 5.87. The van der Waals surface area contributed by atoms with Crippen molar-refractivity contribution in [3.8, 4) is 0 Å². The van der Waals surface area contributed by atoms with E-state index in [0.717, 1.165) is 19.3 Å². The van der Waals surface area contributed by atoms with Crippen molar-refractivity contribution in [1.29, 1.82) is 0 Å². The van der Waals surface area contributed by atoms with Crippen LogP contribution in [-0.4, -0.2) is 24.8 Å². The third-order valence-electron chi connectivity index (χ3n) is 3.49. The van der Waals surface area contributed by atoms with E-state index >= 15 is 0 Å². The van der Waals surface area contributed by atoms with Gasteiger partial charge in [-0.05, 0) is 25.7 Å². The summed E-state index contributed by atoms with van der Waals surface area (Å²) in [7, 11) is 1.71. The zero-order valence-electron chi connectivity index (χ0n) is 10.7. The predicted octanol–water partition coefficient (Wildman–Crippen LogP) is 2.70. The van der Waals surface area contributed by atoms with Crippen LogP contribution in [0.15, 0.2) is 12.2 Å². The maximum Gasteiger partial charge on any atom is 0.333 e. The minimum Gasteiger partial charge on any atom is -0.455 e. The van der Waals surface area contributed by atoms with Crippen LogP contribution in [0.3, 0.4) is 0 Å². The molecule has 2 atom stereocenters. The Labute approximate surface area is 97.8 Å². The number of carbonyl (C=O) groups excluding carboxylic acids is 1. The smallest absolute Gasteiger partial charge is 0.333 e. The lowest BCUT2D eigenvalue weighted by molar-refractivity contribution is -0.160. The van der Waals surface area contributed by atoms with Gasteiger partial charge < -0.3 is 9.47 Å². The van der Waals surface area contributed by atoms with Gasteiger partial charge in [0.1, 0.15) is 5.60 Å². The number of hydrogen-bond donors (Lipinski definition) is 0.